The van der Waals surface area contributed by atoms with Gasteiger partial charge in [0.05, 0.1) is 24.4 Å². The number of allylic oxidation sites excluding steroid dienone is 6. The van der Waals surface area contributed by atoms with Crippen molar-refractivity contribution in [3.8, 4) is 5.75 Å². The van der Waals surface area contributed by atoms with Crippen molar-refractivity contribution in [2.75, 3.05) is 0 Å². The lowest BCUT2D eigenvalue weighted by atomic mass is 10.00. The van der Waals surface area contributed by atoms with Gasteiger partial charge in [-0.25, -0.2) is 4.79 Å². The highest BCUT2D eigenvalue weighted by Gasteiger charge is 2.41. The van der Waals surface area contributed by atoms with Gasteiger partial charge in [0.2, 0.25) is 5.79 Å². The number of rotatable bonds is 17. The Morgan fingerprint density at radius 2 is 1.49 bits per heavy atom. The average Bonchev–Trinajstić information content (AvgIpc) is 3.01. The SMILES string of the molecule is C\C(=C/C=C/C=C/C=C/c1cccc2c1C(=O)OC(C)(C)O2)C[C@H]1C[C@@H](/C=C/C[C@@H](C[C@@H](O)C[C@@H](C)O[Si](C)(C)C(C)(C)C)O[Si](C)(C)C(C)(C)C)OC(C)(C)O1. The van der Waals surface area contributed by atoms with E-state index in [4.69, 9.17) is 27.8 Å². The quantitative estimate of drug-likeness (QED) is 0.0718. The van der Waals surface area contributed by atoms with Gasteiger partial charge in [-0.1, -0.05) is 114 Å². The lowest BCUT2D eigenvalue weighted by Gasteiger charge is -2.41. The zero-order valence-corrected chi connectivity index (χ0v) is 40.2. The van der Waals surface area contributed by atoms with Crippen LogP contribution in [0.2, 0.25) is 36.3 Å². The van der Waals surface area contributed by atoms with Crippen LogP contribution in [-0.2, 0) is 23.1 Å². The molecule has 1 aromatic rings. The summed E-state index contributed by atoms with van der Waals surface area (Å²) in [5.41, 5.74) is 2.40. The van der Waals surface area contributed by atoms with Crippen LogP contribution >= 0.6 is 0 Å². The molecular formula is C47H76O8Si2. The molecule has 0 spiro atoms. The van der Waals surface area contributed by atoms with Crippen molar-refractivity contribution in [1.82, 2.24) is 0 Å². The molecule has 0 radical (unpaired) electrons. The van der Waals surface area contributed by atoms with Crippen LogP contribution in [0.5, 0.6) is 5.75 Å². The summed E-state index contributed by atoms with van der Waals surface area (Å²) in [7, 11) is -4.02. The summed E-state index contributed by atoms with van der Waals surface area (Å²) in [5.74, 6) is -1.55. The number of aliphatic hydroxyl groups excluding tert-OH is 1. The van der Waals surface area contributed by atoms with E-state index in [1.54, 1.807) is 19.9 Å². The van der Waals surface area contributed by atoms with Gasteiger partial charge >= 0.3 is 5.97 Å². The van der Waals surface area contributed by atoms with E-state index in [1.807, 2.05) is 62.4 Å². The highest BCUT2D eigenvalue weighted by Crippen LogP contribution is 2.40. The molecule has 0 saturated carbocycles. The normalized spacial score (nSPS) is 22.5. The standard InChI is InChI=1S/C47H76O8Si2/c1-34(24-20-18-17-19-21-25-36-26-22-29-41-42(36)43(49)53-47(11,12)52-41)30-40-33-38(50-46(9,10)51-40)27-23-28-39(55-57(15,16)45(6,7)8)32-37(48)31-35(2)54-56(13,14)44(3,4)5/h17-27,29,35,37-40,48H,28,30-33H2,1-16H3/b19-17+,20-18+,25-21+,27-23+,34-24+/t35-,37+,38-,39+,40+/m1/s1. The predicted octanol–water partition coefficient (Wildman–Crippen LogP) is 12.2. The number of esters is 1. The van der Waals surface area contributed by atoms with E-state index in [0.717, 1.165) is 18.4 Å². The molecule has 2 heterocycles. The molecule has 8 nitrogen and oxygen atoms in total. The first-order valence-electron chi connectivity index (χ1n) is 20.9. The Balaban J connectivity index is 1.60. The maximum Gasteiger partial charge on any atom is 0.345 e. The molecule has 0 aliphatic carbocycles. The second kappa shape index (κ2) is 19.7. The van der Waals surface area contributed by atoms with E-state index in [0.29, 0.717) is 30.6 Å². The minimum atomic E-state index is -2.09. The Kier molecular flexibility index (Phi) is 16.8. The molecule has 1 saturated heterocycles. The van der Waals surface area contributed by atoms with Crippen molar-refractivity contribution in [1.29, 1.82) is 0 Å². The van der Waals surface area contributed by atoms with Gasteiger partial charge in [-0.2, -0.15) is 0 Å². The summed E-state index contributed by atoms with van der Waals surface area (Å²) in [6.07, 6.45) is 20.8. The molecule has 5 atom stereocenters. The highest BCUT2D eigenvalue weighted by atomic mass is 28.4. The van der Waals surface area contributed by atoms with Gasteiger partial charge in [-0.3, -0.25) is 0 Å². The molecule has 0 amide bonds. The van der Waals surface area contributed by atoms with E-state index < -0.39 is 34.3 Å². The highest BCUT2D eigenvalue weighted by molar-refractivity contribution is 6.74. The summed E-state index contributed by atoms with van der Waals surface area (Å²) >= 11 is 0. The van der Waals surface area contributed by atoms with Crippen molar-refractivity contribution < 1.29 is 37.7 Å². The monoisotopic (exact) mass is 825 g/mol. The predicted molar refractivity (Wildman–Crippen MR) is 240 cm³/mol. The van der Waals surface area contributed by atoms with Crippen molar-refractivity contribution >= 4 is 28.7 Å². The van der Waals surface area contributed by atoms with Crippen LogP contribution in [0.4, 0.5) is 0 Å². The molecule has 10 heteroatoms. The Morgan fingerprint density at radius 3 is 2.14 bits per heavy atom. The summed E-state index contributed by atoms with van der Waals surface area (Å²) < 4.78 is 37.5. The van der Waals surface area contributed by atoms with E-state index in [-0.39, 0.29) is 40.5 Å². The molecule has 3 rings (SSSR count). The lowest BCUT2D eigenvalue weighted by Crippen LogP contribution is -2.45. The number of benzene rings is 1. The van der Waals surface area contributed by atoms with Gasteiger partial charge in [-0.05, 0) is 101 Å². The number of fused-ring (bicyclic) bond motifs is 1. The lowest BCUT2D eigenvalue weighted by molar-refractivity contribution is -0.289. The van der Waals surface area contributed by atoms with Crippen LogP contribution in [0.25, 0.3) is 6.08 Å². The molecule has 0 bridgehead atoms. The van der Waals surface area contributed by atoms with Crippen molar-refractivity contribution in [2.45, 2.75) is 194 Å². The van der Waals surface area contributed by atoms with Crippen LogP contribution in [-0.4, -0.2) is 69.8 Å². The Bertz CT molecular complexity index is 1640. The zero-order valence-electron chi connectivity index (χ0n) is 38.2. The van der Waals surface area contributed by atoms with Gasteiger partial charge in [0.25, 0.3) is 0 Å². The minimum absolute atomic E-state index is 0.00746. The van der Waals surface area contributed by atoms with Gasteiger partial charge in [0.1, 0.15) is 11.3 Å². The number of cyclic esters (lactones) is 1. The average molecular weight is 825 g/mol. The summed E-state index contributed by atoms with van der Waals surface area (Å²) in [6.45, 7) is 34.2. The molecule has 2 aliphatic heterocycles. The smallest absolute Gasteiger partial charge is 0.345 e. The first-order chi connectivity index (χ1) is 26.1. The van der Waals surface area contributed by atoms with Crippen LogP contribution in [0, 0.1) is 0 Å². The van der Waals surface area contributed by atoms with E-state index in [9.17, 15) is 9.90 Å². The maximum absolute atomic E-state index is 12.6. The molecule has 1 fully saturated rings. The summed E-state index contributed by atoms with van der Waals surface area (Å²) in [5, 5.41) is 11.5. The van der Waals surface area contributed by atoms with Crippen LogP contribution < -0.4 is 4.74 Å². The van der Waals surface area contributed by atoms with Gasteiger partial charge in [0, 0.05) is 26.4 Å². The van der Waals surface area contributed by atoms with E-state index in [1.165, 1.54) is 5.57 Å². The fourth-order valence-corrected chi connectivity index (χ4v) is 9.45. The van der Waals surface area contributed by atoms with Crippen molar-refractivity contribution in [2.24, 2.45) is 0 Å². The Morgan fingerprint density at radius 1 is 0.877 bits per heavy atom. The summed E-state index contributed by atoms with van der Waals surface area (Å²) in [6, 6.07) is 5.53. The van der Waals surface area contributed by atoms with Gasteiger partial charge < -0.3 is 32.9 Å². The first kappa shape index (κ1) is 48.8. The Labute approximate surface area is 348 Å². The Hall–Kier alpha value is -2.58. The molecule has 1 aromatic carbocycles. The molecule has 0 unspecified atom stereocenters. The number of aliphatic hydroxyl groups is 1. The number of carbonyl (C=O) groups is 1. The second-order valence-corrected chi connectivity index (χ2v) is 29.5. The first-order valence-corrected chi connectivity index (χ1v) is 26.7. The van der Waals surface area contributed by atoms with Crippen LogP contribution in [0.15, 0.2) is 72.4 Å². The fraction of sp³-hybridized carbons (Fsp3) is 0.638. The van der Waals surface area contributed by atoms with Crippen molar-refractivity contribution in [3.63, 3.8) is 0 Å². The molecule has 57 heavy (non-hydrogen) atoms. The van der Waals surface area contributed by atoms with Crippen molar-refractivity contribution in [3.05, 3.63) is 83.5 Å². The van der Waals surface area contributed by atoms with E-state index in [2.05, 4.69) is 99.8 Å². The van der Waals surface area contributed by atoms with Crippen LogP contribution in [0.3, 0.4) is 0 Å². The van der Waals surface area contributed by atoms with E-state index >= 15 is 0 Å². The number of carbonyl (C=O) groups excluding carboxylic acids is 1. The third kappa shape index (κ3) is 15.5. The zero-order chi connectivity index (χ0) is 43.0. The molecular weight excluding hydrogens is 749 g/mol. The minimum Gasteiger partial charge on any atom is -0.452 e. The molecule has 2 aliphatic rings. The molecule has 0 aromatic heterocycles. The number of hydrogen-bond acceptors (Lipinski definition) is 8. The van der Waals surface area contributed by atoms with Gasteiger partial charge in [0.15, 0.2) is 22.4 Å². The molecule has 1 N–H and O–H groups in total. The maximum atomic E-state index is 12.6. The summed E-state index contributed by atoms with van der Waals surface area (Å²) in [4.78, 5) is 12.6. The third-order valence-corrected chi connectivity index (χ3v) is 20.6. The number of ether oxygens (including phenoxy) is 4. The largest absolute Gasteiger partial charge is 0.452 e. The third-order valence-electron chi connectivity index (χ3n) is 11.4. The second-order valence-electron chi connectivity index (χ2n) is 20.0. The topological polar surface area (TPSA) is 92.7 Å². The fourth-order valence-electron chi connectivity index (χ4n) is 6.62. The van der Waals surface area contributed by atoms with Crippen LogP contribution in [0.1, 0.15) is 131 Å². The molecule has 320 valence electrons. The van der Waals surface area contributed by atoms with Gasteiger partial charge in [-0.15, -0.1) is 0 Å². The number of hydrogen-bond donors (Lipinski definition) is 1.